The standard InChI is InChI=1S/C26H25F3N6O/c1-16-5-8-35(9-6-16)15-17-10-19(14-30-13-17)18-2-3-22-21(11-18)24(34-33-22)25(36)32-23-12-20(4-7-31-23)26(27,28)29/h2-4,7,10-14,16H,5-6,8-9,15H2,1H3,(H,33,34)(H,31,32,36). The van der Waals surface area contributed by atoms with Gasteiger partial charge in [-0.3, -0.25) is 19.8 Å². The first-order chi connectivity index (χ1) is 17.3. The van der Waals surface area contributed by atoms with Gasteiger partial charge in [0.2, 0.25) is 0 Å². The molecule has 1 amide bonds. The number of nitrogens with one attached hydrogen (secondary N) is 2. The van der Waals surface area contributed by atoms with Gasteiger partial charge in [0.15, 0.2) is 5.69 Å². The van der Waals surface area contributed by atoms with Gasteiger partial charge in [0.1, 0.15) is 5.82 Å². The summed E-state index contributed by atoms with van der Waals surface area (Å²) in [6.07, 6.45) is 2.51. The highest BCUT2D eigenvalue weighted by Gasteiger charge is 2.31. The molecule has 0 spiro atoms. The molecule has 186 valence electrons. The highest BCUT2D eigenvalue weighted by atomic mass is 19.4. The molecule has 1 aromatic carbocycles. The van der Waals surface area contributed by atoms with Crippen molar-refractivity contribution in [1.29, 1.82) is 0 Å². The zero-order valence-electron chi connectivity index (χ0n) is 19.6. The van der Waals surface area contributed by atoms with E-state index in [0.717, 1.165) is 60.6 Å². The number of fused-ring (bicyclic) bond motifs is 1. The van der Waals surface area contributed by atoms with E-state index in [1.54, 1.807) is 6.20 Å². The molecule has 5 rings (SSSR count). The van der Waals surface area contributed by atoms with Crippen LogP contribution in [0, 0.1) is 5.92 Å². The molecular weight excluding hydrogens is 469 g/mol. The topological polar surface area (TPSA) is 86.8 Å². The highest BCUT2D eigenvalue weighted by molar-refractivity contribution is 6.11. The van der Waals surface area contributed by atoms with Crippen molar-refractivity contribution in [3.63, 3.8) is 0 Å². The molecule has 10 heteroatoms. The Morgan fingerprint density at radius 2 is 1.92 bits per heavy atom. The molecule has 1 aliphatic heterocycles. The normalized spacial score (nSPS) is 15.3. The molecule has 3 aromatic heterocycles. The van der Waals surface area contributed by atoms with Crippen LogP contribution in [0.25, 0.3) is 22.0 Å². The number of likely N-dealkylation sites (tertiary alicyclic amines) is 1. The van der Waals surface area contributed by atoms with Gasteiger partial charge in [0, 0.05) is 36.1 Å². The van der Waals surface area contributed by atoms with Gasteiger partial charge in [0.05, 0.1) is 11.1 Å². The summed E-state index contributed by atoms with van der Waals surface area (Å²) in [5, 5.41) is 9.86. The van der Waals surface area contributed by atoms with E-state index in [1.165, 1.54) is 12.8 Å². The zero-order chi connectivity index (χ0) is 25.3. The van der Waals surface area contributed by atoms with E-state index in [1.807, 2.05) is 24.4 Å². The van der Waals surface area contributed by atoms with Gasteiger partial charge in [-0.2, -0.15) is 18.3 Å². The summed E-state index contributed by atoms with van der Waals surface area (Å²) >= 11 is 0. The molecule has 0 saturated carbocycles. The summed E-state index contributed by atoms with van der Waals surface area (Å²) in [5.74, 6) is -0.0919. The van der Waals surface area contributed by atoms with Gasteiger partial charge >= 0.3 is 6.18 Å². The fourth-order valence-electron chi connectivity index (χ4n) is 4.43. The largest absolute Gasteiger partial charge is 0.416 e. The zero-order valence-corrected chi connectivity index (χ0v) is 19.6. The highest BCUT2D eigenvalue weighted by Crippen LogP contribution is 2.30. The number of pyridine rings is 2. The van der Waals surface area contributed by atoms with Crippen LogP contribution in [0.4, 0.5) is 19.0 Å². The summed E-state index contributed by atoms with van der Waals surface area (Å²) in [7, 11) is 0. The van der Waals surface area contributed by atoms with Crippen LogP contribution in [0.2, 0.25) is 0 Å². The van der Waals surface area contributed by atoms with E-state index in [4.69, 9.17) is 0 Å². The van der Waals surface area contributed by atoms with E-state index < -0.39 is 17.6 Å². The van der Waals surface area contributed by atoms with Crippen LogP contribution in [0.15, 0.2) is 55.0 Å². The number of nitrogens with zero attached hydrogens (tertiary/aromatic N) is 4. The molecule has 1 fully saturated rings. The van der Waals surface area contributed by atoms with Gasteiger partial charge in [-0.05, 0) is 73.3 Å². The number of alkyl halides is 3. The van der Waals surface area contributed by atoms with Crippen molar-refractivity contribution in [3.8, 4) is 11.1 Å². The Bertz CT molecular complexity index is 1390. The minimum atomic E-state index is -4.54. The van der Waals surface area contributed by atoms with Crippen molar-refractivity contribution in [2.75, 3.05) is 18.4 Å². The molecule has 4 aromatic rings. The minimum absolute atomic E-state index is 0.0672. The number of aromatic nitrogens is 4. The molecule has 0 aliphatic carbocycles. The van der Waals surface area contributed by atoms with Crippen LogP contribution in [0.3, 0.4) is 0 Å². The maximum Gasteiger partial charge on any atom is 0.416 e. The van der Waals surface area contributed by atoms with E-state index in [9.17, 15) is 18.0 Å². The molecule has 0 radical (unpaired) electrons. The molecule has 0 unspecified atom stereocenters. The van der Waals surface area contributed by atoms with Gasteiger partial charge in [-0.1, -0.05) is 13.0 Å². The van der Waals surface area contributed by atoms with Gasteiger partial charge < -0.3 is 5.32 Å². The summed E-state index contributed by atoms with van der Waals surface area (Å²) in [6.45, 7) is 5.27. The Morgan fingerprint density at radius 3 is 2.69 bits per heavy atom. The first-order valence-electron chi connectivity index (χ1n) is 11.8. The first-order valence-corrected chi connectivity index (χ1v) is 11.8. The van der Waals surface area contributed by atoms with Crippen LogP contribution < -0.4 is 5.32 Å². The fourth-order valence-corrected chi connectivity index (χ4v) is 4.43. The Kier molecular flexibility index (Phi) is 6.44. The minimum Gasteiger partial charge on any atom is -0.305 e. The van der Waals surface area contributed by atoms with Crippen LogP contribution in [0.5, 0.6) is 0 Å². The molecule has 0 bridgehead atoms. The molecule has 0 atom stereocenters. The van der Waals surface area contributed by atoms with Crippen molar-refractivity contribution < 1.29 is 18.0 Å². The van der Waals surface area contributed by atoms with Crippen molar-refractivity contribution in [2.45, 2.75) is 32.5 Å². The maximum atomic E-state index is 13.0. The molecule has 1 aliphatic rings. The van der Waals surface area contributed by atoms with E-state index in [2.05, 4.69) is 43.4 Å². The number of benzene rings is 1. The first kappa shape index (κ1) is 23.9. The fraction of sp³-hybridized carbons (Fsp3) is 0.308. The molecular formula is C26H25F3N6O. The predicted molar refractivity (Wildman–Crippen MR) is 130 cm³/mol. The Labute approximate surface area is 205 Å². The second-order valence-electron chi connectivity index (χ2n) is 9.25. The number of hydrogen-bond acceptors (Lipinski definition) is 5. The molecule has 2 N–H and O–H groups in total. The Balaban J connectivity index is 1.37. The SMILES string of the molecule is CC1CCN(Cc2cncc(-c3ccc4[nH]nc(C(=O)Nc5cc(C(F)(F)F)ccn5)c4c3)c2)CC1. The number of hydrogen-bond donors (Lipinski definition) is 2. The van der Waals surface area contributed by atoms with Gasteiger partial charge in [0.25, 0.3) is 5.91 Å². The Hall–Kier alpha value is -3.79. The lowest BCUT2D eigenvalue weighted by Crippen LogP contribution is -2.32. The maximum absolute atomic E-state index is 13.0. The third-order valence-electron chi connectivity index (χ3n) is 6.52. The number of carbonyl (C=O) groups excluding carboxylic acids is 1. The quantitative estimate of drug-likeness (QED) is 0.381. The van der Waals surface area contributed by atoms with E-state index in [0.29, 0.717) is 10.9 Å². The van der Waals surface area contributed by atoms with Crippen molar-refractivity contribution in [2.24, 2.45) is 5.92 Å². The number of halogens is 3. The lowest BCUT2D eigenvalue weighted by Gasteiger charge is -2.30. The molecule has 1 saturated heterocycles. The second-order valence-corrected chi connectivity index (χ2v) is 9.25. The smallest absolute Gasteiger partial charge is 0.305 e. The third kappa shape index (κ3) is 5.23. The predicted octanol–water partition coefficient (Wildman–Crippen LogP) is 5.52. The number of rotatable bonds is 5. The number of amides is 1. The molecule has 36 heavy (non-hydrogen) atoms. The second kappa shape index (κ2) is 9.69. The lowest BCUT2D eigenvalue weighted by molar-refractivity contribution is -0.137. The number of piperidine rings is 1. The van der Waals surface area contributed by atoms with Crippen molar-refractivity contribution >= 4 is 22.6 Å². The van der Waals surface area contributed by atoms with Crippen LogP contribution in [-0.2, 0) is 12.7 Å². The average molecular weight is 495 g/mol. The van der Waals surface area contributed by atoms with Gasteiger partial charge in [-0.15, -0.1) is 0 Å². The molecule has 7 nitrogen and oxygen atoms in total. The van der Waals surface area contributed by atoms with Crippen molar-refractivity contribution in [1.82, 2.24) is 25.1 Å². The van der Waals surface area contributed by atoms with Crippen LogP contribution >= 0.6 is 0 Å². The molecule has 4 heterocycles. The summed E-state index contributed by atoms with van der Waals surface area (Å²) < 4.78 is 39.0. The lowest BCUT2D eigenvalue weighted by atomic mass is 9.98. The van der Waals surface area contributed by atoms with Crippen molar-refractivity contribution in [3.05, 3.63) is 71.8 Å². The number of aromatic amines is 1. The number of carbonyl (C=O) groups is 1. The van der Waals surface area contributed by atoms with Gasteiger partial charge in [-0.25, -0.2) is 4.98 Å². The number of anilines is 1. The number of H-pyrrole nitrogens is 1. The van der Waals surface area contributed by atoms with E-state index >= 15 is 0 Å². The summed E-state index contributed by atoms with van der Waals surface area (Å²) in [6, 6.07) is 9.29. The average Bonchev–Trinajstić information content (AvgIpc) is 3.29. The summed E-state index contributed by atoms with van der Waals surface area (Å²) in [5.41, 5.74) is 2.69. The van der Waals surface area contributed by atoms with Crippen LogP contribution in [0.1, 0.15) is 41.4 Å². The van der Waals surface area contributed by atoms with E-state index in [-0.39, 0.29) is 11.5 Å². The Morgan fingerprint density at radius 1 is 1.11 bits per heavy atom. The van der Waals surface area contributed by atoms with Crippen LogP contribution in [-0.4, -0.2) is 44.1 Å². The third-order valence-corrected chi connectivity index (χ3v) is 6.52. The monoisotopic (exact) mass is 494 g/mol. The summed E-state index contributed by atoms with van der Waals surface area (Å²) in [4.78, 5) is 23.5.